The molecule has 122 valence electrons. The molecule has 7 heteroatoms. The van der Waals surface area contributed by atoms with Gasteiger partial charge in [0.25, 0.3) is 5.91 Å². The molecule has 1 heterocycles. The Labute approximate surface area is 140 Å². The van der Waals surface area contributed by atoms with Crippen LogP contribution in [-0.4, -0.2) is 36.1 Å². The molecule has 0 aliphatic rings. The van der Waals surface area contributed by atoms with Crippen LogP contribution in [0.15, 0.2) is 24.3 Å². The Balaban J connectivity index is 2.20. The van der Waals surface area contributed by atoms with E-state index < -0.39 is 0 Å². The topological polar surface area (TPSA) is 76.1 Å². The number of aryl methyl sites for hydroxylation is 2. The van der Waals surface area contributed by atoms with Gasteiger partial charge in [0.1, 0.15) is 17.3 Å². The molecule has 1 aromatic heterocycles. The summed E-state index contributed by atoms with van der Waals surface area (Å²) in [7, 11) is 1.58. The highest BCUT2D eigenvalue weighted by Crippen LogP contribution is 2.23. The second-order valence-electron chi connectivity index (χ2n) is 5.02. The Hall–Kier alpha value is -2.18. The maximum atomic E-state index is 12.1. The van der Waals surface area contributed by atoms with Gasteiger partial charge in [-0.1, -0.05) is 17.7 Å². The van der Waals surface area contributed by atoms with Crippen LogP contribution in [0.3, 0.4) is 0 Å². The fourth-order valence-corrected chi connectivity index (χ4v) is 2.14. The van der Waals surface area contributed by atoms with E-state index in [1.54, 1.807) is 20.1 Å². The molecule has 0 radical (unpaired) electrons. The highest BCUT2D eigenvalue weighted by atomic mass is 35.5. The first-order chi connectivity index (χ1) is 11.0. The summed E-state index contributed by atoms with van der Waals surface area (Å²) in [6.07, 6.45) is 0. The number of carbonyl (C=O) groups is 1. The molecular weight excluding hydrogens is 316 g/mol. The molecule has 0 aliphatic heterocycles. The van der Waals surface area contributed by atoms with Crippen LogP contribution in [-0.2, 0) is 4.74 Å². The van der Waals surface area contributed by atoms with Gasteiger partial charge in [-0.25, -0.2) is 9.97 Å². The maximum Gasteiger partial charge on any atom is 0.270 e. The minimum Gasteiger partial charge on any atom is -0.383 e. The third-order valence-corrected chi connectivity index (χ3v) is 3.36. The highest BCUT2D eigenvalue weighted by Gasteiger charge is 2.11. The smallest absolute Gasteiger partial charge is 0.270 e. The number of methoxy groups -OCH3 is 1. The Morgan fingerprint density at radius 3 is 2.78 bits per heavy atom. The zero-order chi connectivity index (χ0) is 16.8. The number of nitrogens with zero attached hydrogens (tertiary/aromatic N) is 2. The summed E-state index contributed by atoms with van der Waals surface area (Å²) in [4.78, 5) is 20.6. The first kappa shape index (κ1) is 17.2. The number of aromatic nitrogens is 2. The fraction of sp³-hybridized carbons (Fsp3) is 0.312. The number of hydrogen-bond acceptors (Lipinski definition) is 5. The maximum absolute atomic E-state index is 12.1. The standard InChI is InChI=1S/C16H19ClN4O2/c1-10-4-5-12(17)8-13(10)21-15-9-14(19-11(2)20-15)16(22)18-6-7-23-3/h4-5,8-9H,6-7H2,1-3H3,(H,18,22)(H,19,20,21). The Bertz CT molecular complexity index is 706. The number of benzene rings is 1. The van der Waals surface area contributed by atoms with E-state index in [0.29, 0.717) is 35.5 Å². The second kappa shape index (κ2) is 7.89. The number of rotatable bonds is 6. The van der Waals surface area contributed by atoms with Gasteiger partial charge < -0.3 is 15.4 Å². The Kier molecular flexibility index (Phi) is 5.90. The predicted octanol–water partition coefficient (Wildman–Crippen LogP) is 2.87. The summed E-state index contributed by atoms with van der Waals surface area (Å²) in [6.45, 7) is 4.57. The average molecular weight is 335 g/mol. The number of amides is 1. The summed E-state index contributed by atoms with van der Waals surface area (Å²) in [5.74, 6) is 0.782. The zero-order valence-electron chi connectivity index (χ0n) is 13.3. The molecular formula is C16H19ClN4O2. The van der Waals surface area contributed by atoms with Gasteiger partial charge in [-0.3, -0.25) is 4.79 Å². The van der Waals surface area contributed by atoms with Gasteiger partial charge in [0.15, 0.2) is 0 Å². The summed E-state index contributed by atoms with van der Waals surface area (Å²) in [6, 6.07) is 7.15. The van der Waals surface area contributed by atoms with Crippen LogP contribution >= 0.6 is 11.6 Å². The lowest BCUT2D eigenvalue weighted by molar-refractivity contribution is 0.0932. The van der Waals surface area contributed by atoms with Crippen LogP contribution in [0.1, 0.15) is 21.9 Å². The van der Waals surface area contributed by atoms with E-state index in [1.807, 2.05) is 25.1 Å². The van der Waals surface area contributed by atoms with E-state index >= 15 is 0 Å². The van der Waals surface area contributed by atoms with Gasteiger partial charge in [0.05, 0.1) is 6.61 Å². The molecule has 0 unspecified atom stereocenters. The van der Waals surface area contributed by atoms with E-state index in [9.17, 15) is 4.79 Å². The molecule has 2 aromatic rings. The largest absolute Gasteiger partial charge is 0.383 e. The van der Waals surface area contributed by atoms with Crippen molar-refractivity contribution in [1.29, 1.82) is 0 Å². The van der Waals surface area contributed by atoms with Crippen molar-refractivity contribution >= 4 is 29.0 Å². The number of ether oxygens (including phenoxy) is 1. The number of halogens is 1. The third-order valence-electron chi connectivity index (χ3n) is 3.12. The van der Waals surface area contributed by atoms with Gasteiger partial charge in [-0.2, -0.15) is 0 Å². The van der Waals surface area contributed by atoms with Crippen molar-refractivity contribution in [3.05, 3.63) is 46.4 Å². The normalized spacial score (nSPS) is 10.4. The van der Waals surface area contributed by atoms with Crippen LogP contribution in [0, 0.1) is 13.8 Å². The van der Waals surface area contributed by atoms with E-state index in [2.05, 4.69) is 20.6 Å². The third kappa shape index (κ3) is 4.91. The van der Waals surface area contributed by atoms with Gasteiger partial charge >= 0.3 is 0 Å². The first-order valence-corrected chi connectivity index (χ1v) is 7.53. The molecule has 2 N–H and O–H groups in total. The molecule has 0 bridgehead atoms. The van der Waals surface area contributed by atoms with Gasteiger partial charge in [0.2, 0.25) is 0 Å². The minimum absolute atomic E-state index is 0.265. The minimum atomic E-state index is -0.265. The highest BCUT2D eigenvalue weighted by molar-refractivity contribution is 6.30. The Morgan fingerprint density at radius 1 is 1.26 bits per heavy atom. The van der Waals surface area contributed by atoms with E-state index in [-0.39, 0.29) is 5.91 Å². The lowest BCUT2D eigenvalue weighted by Crippen LogP contribution is -2.28. The molecule has 0 atom stereocenters. The predicted molar refractivity (Wildman–Crippen MR) is 90.4 cm³/mol. The molecule has 0 fully saturated rings. The number of hydrogen-bond donors (Lipinski definition) is 2. The Morgan fingerprint density at radius 2 is 2.04 bits per heavy atom. The van der Waals surface area contributed by atoms with Crippen LogP contribution in [0.5, 0.6) is 0 Å². The van der Waals surface area contributed by atoms with Crippen molar-refractivity contribution in [3.63, 3.8) is 0 Å². The number of carbonyl (C=O) groups excluding carboxylic acids is 1. The molecule has 6 nitrogen and oxygen atoms in total. The summed E-state index contributed by atoms with van der Waals surface area (Å²) < 4.78 is 4.91. The number of nitrogens with one attached hydrogen (secondary N) is 2. The van der Waals surface area contributed by atoms with Crippen molar-refractivity contribution in [1.82, 2.24) is 15.3 Å². The quantitative estimate of drug-likeness (QED) is 0.794. The summed E-state index contributed by atoms with van der Waals surface area (Å²) in [5.41, 5.74) is 2.16. The lowest BCUT2D eigenvalue weighted by Gasteiger charge is -2.11. The van der Waals surface area contributed by atoms with Crippen molar-refractivity contribution < 1.29 is 9.53 Å². The average Bonchev–Trinajstić information content (AvgIpc) is 2.50. The number of anilines is 2. The van der Waals surface area contributed by atoms with E-state index in [0.717, 1.165) is 11.3 Å². The molecule has 0 spiro atoms. The van der Waals surface area contributed by atoms with E-state index in [1.165, 1.54) is 0 Å². The molecule has 1 aromatic carbocycles. The molecule has 0 saturated carbocycles. The van der Waals surface area contributed by atoms with Crippen LogP contribution in [0.4, 0.5) is 11.5 Å². The van der Waals surface area contributed by atoms with Crippen LogP contribution in [0.25, 0.3) is 0 Å². The summed E-state index contributed by atoms with van der Waals surface area (Å²) in [5, 5.41) is 6.54. The van der Waals surface area contributed by atoms with Gasteiger partial charge in [0, 0.05) is 30.4 Å². The zero-order valence-corrected chi connectivity index (χ0v) is 14.1. The van der Waals surface area contributed by atoms with Crippen molar-refractivity contribution in [2.24, 2.45) is 0 Å². The lowest BCUT2D eigenvalue weighted by atomic mass is 10.2. The monoisotopic (exact) mass is 334 g/mol. The first-order valence-electron chi connectivity index (χ1n) is 7.15. The fourth-order valence-electron chi connectivity index (χ4n) is 1.97. The second-order valence-corrected chi connectivity index (χ2v) is 5.46. The van der Waals surface area contributed by atoms with Crippen molar-refractivity contribution in [2.75, 3.05) is 25.6 Å². The van der Waals surface area contributed by atoms with Crippen molar-refractivity contribution in [3.8, 4) is 0 Å². The molecule has 0 aliphatic carbocycles. The van der Waals surface area contributed by atoms with Crippen molar-refractivity contribution in [2.45, 2.75) is 13.8 Å². The van der Waals surface area contributed by atoms with Gasteiger partial charge in [-0.15, -0.1) is 0 Å². The molecule has 23 heavy (non-hydrogen) atoms. The molecule has 0 saturated heterocycles. The van der Waals surface area contributed by atoms with E-state index in [4.69, 9.17) is 16.3 Å². The SMILES string of the molecule is COCCNC(=O)c1cc(Nc2cc(Cl)ccc2C)nc(C)n1. The molecule has 1 amide bonds. The summed E-state index contributed by atoms with van der Waals surface area (Å²) >= 11 is 6.02. The molecule has 2 rings (SSSR count). The van der Waals surface area contributed by atoms with Gasteiger partial charge in [-0.05, 0) is 31.5 Å². The van der Waals surface area contributed by atoms with Crippen LogP contribution in [0.2, 0.25) is 5.02 Å². The van der Waals surface area contributed by atoms with Crippen LogP contribution < -0.4 is 10.6 Å².